The smallest absolute Gasteiger partial charge is 0.284 e. The summed E-state index contributed by atoms with van der Waals surface area (Å²) in [5.41, 5.74) is -1.00. The summed E-state index contributed by atoms with van der Waals surface area (Å²) in [4.78, 5) is 25.2. The van der Waals surface area contributed by atoms with Gasteiger partial charge in [-0.25, -0.2) is 23.4 Å². The molecule has 1 fully saturated rings. The van der Waals surface area contributed by atoms with Crippen LogP contribution in [0.1, 0.15) is 22.3 Å². The maximum absolute atomic E-state index is 14.9. The molecule has 1 N–H and O–H groups in total. The normalized spacial score (nSPS) is 16.6. The van der Waals surface area contributed by atoms with Gasteiger partial charge in [-0.2, -0.15) is 9.47 Å². The zero-order valence-corrected chi connectivity index (χ0v) is 22.2. The van der Waals surface area contributed by atoms with E-state index in [1.54, 1.807) is 31.1 Å². The van der Waals surface area contributed by atoms with Crippen LogP contribution in [-0.4, -0.2) is 84.3 Å². The van der Waals surface area contributed by atoms with E-state index in [0.29, 0.717) is 42.8 Å². The number of rotatable bonds is 8. The first-order valence-corrected chi connectivity index (χ1v) is 13.1. The molecule has 0 bridgehead atoms. The Bertz CT molecular complexity index is 1430. The Morgan fingerprint density at radius 3 is 2.54 bits per heavy atom. The molecule has 1 aliphatic heterocycles. The number of hydrogen-bond acceptors (Lipinski definition) is 9. The molecule has 2 aromatic carbocycles. The van der Waals surface area contributed by atoms with Crippen LogP contribution in [0.4, 0.5) is 8.78 Å². The second kappa shape index (κ2) is 11.1. The van der Waals surface area contributed by atoms with Crippen molar-refractivity contribution in [2.24, 2.45) is 0 Å². The first-order chi connectivity index (χ1) is 18.8. The van der Waals surface area contributed by atoms with Crippen molar-refractivity contribution in [1.82, 2.24) is 33.9 Å². The monoisotopic (exact) mass is 555 g/mol. The number of methoxy groups -OCH3 is 1. The zero-order valence-electron chi connectivity index (χ0n) is 21.4. The first-order valence-electron chi connectivity index (χ1n) is 12.3. The summed E-state index contributed by atoms with van der Waals surface area (Å²) < 4.78 is 39.5. The van der Waals surface area contributed by atoms with E-state index in [9.17, 15) is 18.7 Å². The molecule has 1 saturated heterocycles. The minimum absolute atomic E-state index is 0.0367. The van der Waals surface area contributed by atoms with Crippen LogP contribution in [0.2, 0.25) is 0 Å². The van der Waals surface area contributed by atoms with Gasteiger partial charge < -0.3 is 14.7 Å². The summed E-state index contributed by atoms with van der Waals surface area (Å²) in [5, 5.41) is 16.2. The SMILES string of the molecule is COc1ccc(-c2nsc(C(=O)N3CCN(C(C)C(O)(Cn4cncn4)c4ccc(F)cc4F)CC3)n2)cc1. The van der Waals surface area contributed by atoms with Crippen molar-refractivity contribution in [3.8, 4) is 17.1 Å². The average molecular weight is 556 g/mol. The molecule has 2 aromatic heterocycles. The van der Waals surface area contributed by atoms with Gasteiger partial charge in [0, 0.05) is 49.4 Å². The molecule has 0 aliphatic carbocycles. The molecule has 1 amide bonds. The Morgan fingerprint density at radius 1 is 1.15 bits per heavy atom. The van der Waals surface area contributed by atoms with Crippen LogP contribution in [0.5, 0.6) is 5.75 Å². The van der Waals surface area contributed by atoms with Gasteiger partial charge in [-0.1, -0.05) is 6.07 Å². The summed E-state index contributed by atoms with van der Waals surface area (Å²) in [6, 6.07) is 9.82. The number of halogens is 2. The minimum atomic E-state index is -1.75. The predicted octanol–water partition coefficient (Wildman–Crippen LogP) is 2.82. The summed E-state index contributed by atoms with van der Waals surface area (Å²) >= 11 is 1.04. The largest absolute Gasteiger partial charge is 0.497 e. The third-order valence-corrected chi connectivity index (χ3v) is 7.77. The van der Waals surface area contributed by atoms with E-state index in [1.165, 1.54) is 23.4 Å². The number of carbonyl (C=O) groups excluding carboxylic acids is 1. The van der Waals surface area contributed by atoms with Crippen molar-refractivity contribution >= 4 is 17.4 Å². The molecule has 2 atom stereocenters. The summed E-state index contributed by atoms with van der Waals surface area (Å²) in [5.74, 6) is -0.610. The topological polar surface area (TPSA) is 110 Å². The summed E-state index contributed by atoms with van der Waals surface area (Å²) in [7, 11) is 1.59. The second-order valence-electron chi connectivity index (χ2n) is 9.30. The Balaban J connectivity index is 1.29. The van der Waals surface area contributed by atoms with Gasteiger partial charge >= 0.3 is 0 Å². The third-order valence-electron chi connectivity index (χ3n) is 7.06. The molecule has 39 heavy (non-hydrogen) atoms. The van der Waals surface area contributed by atoms with E-state index >= 15 is 0 Å². The zero-order chi connectivity index (χ0) is 27.6. The number of benzene rings is 2. The lowest BCUT2D eigenvalue weighted by Crippen LogP contribution is -2.58. The number of piperazine rings is 1. The van der Waals surface area contributed by atoms with E-state index in [2.05, 4.69) is 19.4 Å². The number of ether oxygens (including phenoxy) is 1. The van der Waals surface area contributed by atoms with Crippen LogP contribution in [0.3, 0.4) is 0 Å². The van der Waals surface area contributed by atoms with Crippen LogP contribution in [0.15, 0.2) is 55.1 Å². The Kier molecular flexibility index (Phi) is 7.64. The fourth-order valence-electron chi connectivity index (χ4n) is 4.76. The van der Waals surface area contributed by atoms with Gasteiger partial charge in [-0.05, 0) is 48.8 Å². The lowest BCUT2D eigenvalue weighted by atomic mass is 9.85. The fourth-order valence-corrected chi connectivity index (χ4v) is 5.42. The summed E-state index contributed by atoms with van der Waals surface area (Å²) in [6.07, 6.45) is 2.75. The molecule has 3 heterocycles. The van der Waals surface area contributed by atoms with Crippen LogP contribution in [0, 0.1) is 11.6 Å². The second-order valence-corrected chi connectivity index (χ2v) is 10.0. The maximum atomic E-state index is 14.9. The van der Waals surface area contributed by atoms with Gasteiger partial charge in [0.1, 0.15) is 35.6 Å². The predicted molar refractivity (Wildman–Crippen MR) is 139 cm³/mol. The molecular weight excluding hydrogens is 528 g/mol. The standard InChI is InChI=1S/C26H27F2N7O3S/c1-17(26(37,14-35-16-29-15-30-35)21-8-5-19(27)13-22(21)28)33-9-11-34(12-10-33)25(36)24-31-23(32-39-24)18-3-6-20(38-2)7-4-18/h3-8,13,15-17,37H,9-12,14H2,1-2H3. The highest BCUT2D eigenvalue weighted by atomic mass is 32.1. The minimum Gasteiger partial charge on any atom is -0.497 e. The van der Waals surface area contributed by atoms with E-state index in [4.69, 9.17) is 4.74 Å². The van der Waals surface area contributed by atoms with Gasteiger partial charge in [0.2, 0.25) is 5.01 Å². The Hall–Kier alpha value is -3.81. The highest BCUT2D eigenvalue weighted by molar-refractivity contribution is 7.07. The quantitative estimate of drug-likeness (QED) is 0.354. The van der Waals surface area contributed by atoms with Gasteiger partial charge in [0.25, 0.3) is 5.91 Å². The third kappa shape index (κ3) is 5.51. The van der Waals surface area contributed by atoms with Crippen molar-refractivity contribution in [1.29, 1.82) is 0 Å². The van der Waals surface area contributed by atoms with Crippen molar-refractivity contribution in [2.45, 2.75) is 25.1 Å². The highest BCUT2D eigenvalue weighted by Gasteiger charge is 2.43. The van der Waals surface area contributed by atoms with Crippen LogP contribution >= 0.6 is 11.5 Å². The van der Waals surface area contributed by atoms with E-state index in [1.807, 2.05) is 17.0 Å². The summed E-state index contributed by atoms with van der Waals surface area (Å²) in [6.45, 7) is 3.31. The number of aliphatic hydroxyl groups is 1. The lowest BCUT2D eigenvalue weighted by molar-refractivity contribution is -0.0719. The highest BCUT2D eigenvalue weighted by Crippen LogP contribution is 2.33. The number of nitrogens with zero attached hydrogens (tertiary/aromatic N) is 7. The molecule has 13 heteroatoms. The molecule has 0 saturated carbocycles. The molecule has 1 aliphatic rings. The molecule has 204 valence electrons. The fraction of sp³-hybridized carbons (Fsp3) is 0.346. The van der Waals surface area contributed by atoms with E-state index in [-0.39, 0.29) is 18.0 Å². The van der Waals surface area contributed by atoms with Crippen LogP contribution < -0.4 is 4.74 Å². The molecular formula is C26H27F2N7O3S. The van der Waals surface area contributed by atoms with Crippen molar-refractivity contribution in [2.75, 3.05) is 33.3 Å². The molecule has 2 unspecified atom stereocenters. The van der Waals surface area contributed by atoms with Gasteiger partial charge in [-0.15, -0.1) is 0 Å². The van der Waals surface area contributed by atoms with Crippen molar-refractivity contribution in [3.05, 3.63) is 77.3 Å². The Morgan fingerprint density at radius 2 is 1.90 bits per heavy atom. The van der Waals surface area contributed by atoms with E-state index < -0.39 is 23.3 Å². The Labute approximate surface area is 227 Å². The molecule has 4 aromatic rings. The average Bonchev–Trinajstić information content (AvgIpc) is 3.65. The van der Waals surface area contributed by atoms with Crippen molar-refractivity contribution in [3.63, 3.8) is 0 Å². The molecule has 10 nitrogen and oxygen atoms in total. The van der Waals surface area contributed by atoms with Crippen molar-refractivity contribution < 1.29 is 23.4 Å². The molecule has 0 radical (unpaired) electrons. The number of carbonyl (C=O) groups is 1. The van der Waals surface area contributed by atoms with Gasteiger partial charge in [-0.3, -0.25) is 9.69 Å². The molecule has 0 spiro atoms. The van der Waals surface area contributed by atoms with Gasteiger partial charge in [0.05, 0.1) is 13.7 Å². The van der Waals surface area contributed by atoms with E-state index in [0.717, 1.165) is 29.2 Å². The first kappa shape index (κ1) is 26.8. The van der Waals surface area contributed by atoms with Crippen LogP contribution in [0.25, 0.3) is 11.4 Å². The van der Waals surface area contributed by atoms with Gasteiger partial charge in [0.15, 0.2) is 5.82 Å². The lowest BCUT2D eigenvalue weighted by Gasteiger charge is -2.44. The number of hydrogen-bond donors (Lipinski definition) is 1. The maximum Gasteiger partial charge on any atom is 0.284 e. The number of amides is 1. The van der Waals surface area contributed by atoms with Crippen LogP contribution in [-0.2, 0) is 12.1 Å². The number of aromatic nitrogens is 5. The molecule has 5 rings (SSSR count).